The molecule has 0 aliphatic heterocycles. The van der Waals surface area contributed by atoms with Gasteiger partial charge < -0.3 is 15.7 Å². The molecule has 0 aromatic carbocycles. The van der Waals surface area contributed by atoms with E-state index in [0.717, 1.165) is 0 Å². The lowest BCUT2D eigenvalue weighted by molar-refractivity contribution is -0.152. The highest BCUT2D eigenvalue weighted by Crippen LogP contribution is 2.29. The number of aliphatic carboxylic acids is 1. The standard InChI is InChI=1S/C9H20N2O2/c1-8(2,10)9(3,7(12)13)6-11(4)5/h6,10H2,1-5H3,(H,12,13). The molecular weight excluding hydrogens is 168 g/mol. The van der Waals surface area contributed by atoms with E-state index in [1.165, 1.54) is 0 Å². The third-order valence-electron chi connectivity index (χ3n) is 2.53. The molecule has 4 heteroatoms. The van der Waals surface area contributed by atoms with Gasteiger partial charge in [-0.25, -0.2) is 0 Å². The fourth-order valence-corrected chi connectivity index (χ4v) is 1.18. The van der Waals surface area contributed by atoms with Crippen LogP contribution in [0, 0.1) is 5.41 Å². The average molecular weight is 188 g/mol. The van der Waals surface area contributed by atoms with Crippen LogP contribution in [0.4, 0.5) is 0 Å². The molecule has 0 bridgehead atoms. The zero-order chi connectivity index (χ0) is 10.9. The maximum atomic E-state index is 11.1. The van der Waals surface area contributed by atoms with E-state index in [9.17, 15) is 4.79 Å². The van der Waals surface area contributed by atoms with Gasteiger partial charge in [0, 0.05) is 12.1 Å². The van der Waals surface area contributed by atoms with E-state index < -0.39 is 16.9 Å². The Morgan fingerprint density at radius 2 is 1.77 bits per heavy atom. The molecule has 0 saturated heterocycles. The van der Waals surface area contributed by atoms with Crippen molar-refractivity contribution in [2.75, 3.05) is 20.6 Å². The fourth-order valence-electron chi connectivity index (χ4n) is 1.18. The third kappa shape index (κ3) is 2.67. The predicted molar refractivity (Wildman–Crippen MR) is 52.6 cm³/mol. The van der Waals surface area contributed by atoms with E-state index in [-0.39, 0.29) is 0 Å². The van der Waals surface area contributed by atoms with Crippen LogP contribution in [0.3, 0.4) is 0 Å². The largest absolute Gasteiger partial charge is 0.481 e. The van der Waals surface area contributed by atoms with E-state index in [4.69, 9.17) is 10.8 Å². The summed E-state index contributed by atoms with van der Waals surface area (Å²) in [5.41, 5.74) is 4.20. The van der Waals surface area contributed by atoms with Crippen molar-refractivity contribution < 1.29 is 9.90 Å². The van der Waals surface area contributed by atoms with Crippen LogP contribution in [0.1, 0.15) is 20.8 Å². The van der Waals surface area contributed by atoms with Crippen LogP contribution in [0.5, 0.6) is 0 Å². The van der Waals surface area contributed by atoms with Gasteiger partial charge in [-0.1, -0.05) is 0 Å². The second kappa shape index (κ2) is 3.64. The number of nitrogens with zero attached hydrogens (tertiary/aromatic N) is 1. The number of carboxylic acids is 1. The van der Waals surface area contributed by atoms with Gasteiger partial charge in [-0.05, 0) is 34.9 Å². The molecule has 0 saturated carbocycles. The van der Waals surface area contributed by atoms with Crippen LogP contribution in [0.2, 0.25) is 0 Å². The zero-order valence-electron chi connectivity index (χ0n) is 9.09. The van der Waals surface area contributed by atoms with Crippen LogP contribution in [0.25, 0.3) is 0 Å². The number of hydrogen-bond acceptors (Lipinski definition) is 3. The summed E-state index contributed by atoms with van der Waals surface area (Å²) in [7, 11) is 3.68. The fraction of sp³-hybridized carbons (Fsp3) is 0.889. The van der Waals surface area contributed by atoms with Gasteiger partial charge in [0.05, 0.1) is 5.41 Å². The van der Waals surface area contributed by atoms with Gasteiger partial charge in [0.25, 0.3) is 0 Å². The third-order valence-corrected chi connectivity index (χ3v) is 2.53. The first-order valence-electron chi connectivity index (χ1n) is 4.28. The van der Waals surface area contributed by atoms with Crippen molar-refractivity contribution in [2.24, 2.45) is 11.1 Å². The maximum absolute atomic E-state index is 11.1. The average Bonchev–Trinajstić information content (AvgIpc) is 1.82. The number of rotatable bonds is 4. The summed E-state index contributed by atoms with van der Waals surface area (Å²) < 4.78 is 0. The quantitative estimate of drug-likeness (QED) is 0.669. The summed E-state index contributed by atoms with van der Waals surface area (Å²) in [5, 5.41) is 9.11. The zero-order valence-corrected chi connectivity index (χ0v) is 9.09. The summed E-state index contributed by atoms with van der Waals surface area (Å²) in [6.45, 7) is 5.59. The highest BCUT2D eigenvalue weighted by molar-refractivity contribution is 5.76. The van der Waals surface area contributed by atoms with E-state index in [1.807, 2.05) is 19.0 Å². The molecule has 0 fully saturated rings. The number of carbonyl (C=O) groups is 1. The van der Waals surface area contributed by atoms with E-state index in [1.54, 1.807) is 20.8 Å². The SMILES string of the molecule is CN(C)CC(C)(C(=O)O)C(C)(C)N. The van der Waals surface area contributed by atoms with E-state index in [2.05, 4.69) is 0 Å². The van der Waals surface area contributed by atoms with Crippen molar-refractivity contribution in [3.8, 4) is 0 Å². The Labute approximate surface area is 79.7 Å². The molecule has 0 aliphatic rings. The molecule has 0 aliphatic carbocycles. The molecule has 0 rings (SSSR count). The molecule has 0 amide bonds. The van der Waals surface area contributed by atoms with Crippen LogP contribution >= 0.6 is 0 Å². The maximum Gasteiger partial charge on any atom is 0.312 e. The number of carboxylic acid groups (broad SMARTS) is 1. The smallest absolute Gasteiger partial charge is 0.312 e. The molecule has 1 atom stereocenters. The van der Waals surface area contributed by atoms with Gasteiger partial charge in [0.15, 0.2) is 0 Å². The Balaban J connectivity index is 4.85. The molecule has 0 aromatic rings. The molecule has 1 unspecified atom stereocenters. The Morgan fingerprint density at radius 1 is 1.38 bits per heavy atom. The van der Waals surface area contributed by atoms with Gasteiger partial charge in [-0.2, -0.15) is 0 Å². The van der Waals surface area contributed by atoms with Crippen molar-refractivity contribution in [2.45, 2.75) is 26.3 Å². The van der Waals surface area contributed by atoms with Gasteiger partial charge >= 0.3 is 5.97 Å². The first-order valence-corrected chi connectivity index (χ1v) is 4.28. The Morgan fingerprint density at radius 3 is 1.85 bits per heavy atom. The Kier molecular flexibility index (Phi) is 3.47. The lowest BCUT2D eigenvalue weighted by atomic mass is 9.73. The van der Waals surface area contributed by atoms with Crippen molar-refractivity contribution in [1.29, 1.82) is 0 Å². The van der Waals surface area contributed by atoms with Crippen LogP contribution in [0.15, 0.2) is 0 Å². The van der Waals surface area contributed by atoms with Gasteiger partial charge in [-0.15, -0.1) is 0 Å². The van der Waals surface area contributed by atoms with Crippen molar-refractivity contribution in [3.05, 3.63) is 0 Å². The lowest BCUT2D eigenvalue weighted by Gasteiger charge is -2.39. The van der Waals surface area contributed by atoms with E-state index >= 15 is 0 Å². The lowest BCUT2D eigenvalue weighted by Crippen LogP contribution is -2.58. The highest BCUT2D eigenvalue weighted by Gasteiger charge is 2.45. The molecule has 13 heavy (non-hydrogen) atoms. The van der Waals surface area contributed by atoms with Gasteiger partial charge in [-0.3, -0.25) is 4.79 Å². The number of hydrogen-bond donors (Lipinski definition) is 2. The molecule has 4 nitrogen and oxygen atoms in total. The minimum Gasteiger partial charge on any atom is -0.481 e. The normalized spacial score (nSPS) is 17.2. The molecule has 78 valence electrons. The number of nitrogens with two attached hydrogens (primary N) is 1. The summed E-state index contributed by atoms with van der Waals surface area (Å²) in [4.78, 5) is 12.9. The second-order valence-electron chi connectivity index (χ2n) is 4.60. The predicted octanol–water partition coefficient (Wildman–Crippen LogP) is 0.376. The second-order valence-corrected chi connectivity index (χ2v) is 4.60. The first kappa shape index (κ1) is 12.4. The minimum absolute atomic E-state index is 0.436. The highest BCUT2D eigenvalue weighted by atomic mass is 16.4. The molecule has 0 spiro atoms. The monoisotopic (exact) mass is 188 g/mol. The minimum atomic E-state index is -0.920. The van der Waals surface area contributed by atoms with E-state index in [0.29, 0.717) is 6.54 Å². The van der Waals surface area contributed by atoms with Crippen LogP contribution in [-0.2, 0) is 4.79 Å². The van der Waals surface area contributed by atoms with Gasteiger partial charge in [0.1, 0.15) is 0 Å². The Bertz CT molecular complexity index is 196. The van der Waals surface area contributed by atoms with Crippen LogP contribution < -0.4 is 5.73 Å². The summed E-state index contributed by atoms with van der Waals surface area (Å²) >= 11 is 0. The molecule has 0 radical (unpaired) electrons. The topological polar surface area (TPSA) is 66.6 Å². The first-order chi connectivity index (χ1) is 5.61. The van der Waals surface area contributed by atoms with Gasteiger partial charge in [0.2, 0.25) is 0 Å². The van der Waals surface area contributed by atoms with Crippen molar-refractivity contribution >= 4 is 5.97 Å². The van der Waals surface area contributed by atoms with Crippen LogP contribution in [-0.4, -0.2) is 42.2 Å². The summed E-state index contributed by atoms with van der Waals surface area (Å²) in [6.07, 6.45) is 0. The molecule has 3 N–H and O–H groups in total. The molecule has 0 heterocycles. The molecule has 0 aromatic heterocycles. The summed E-state index contributed by atoms with van der Waals surface area (Å²) in [5.74, 6) is -0.853. The van der Waals surface area contributed by atoms with Crippen molar-refractivity contribution in [3.63, 3.8) is 0 Å². The molecular formula is C9H20N2O2. The summed E-state index contributed by atoms with van der Waals surface area (Å²) in [6, 6.07) is 0. The van der Waals surface area contributed by atoms with Crippen molar-refractivity contribution in [1.82, 2.24) is 4.90 Å². The Hall–Kier alpha value is -0.610.